The Morgan fingerprint density at radius 1 is 1.17 bits per heavy atom. The maximum Gasteiger partial charge on any atom is 0.246 e. The lowest BCUT2D eigenvalue weighted by Gasteiger charge is -2.35. The van der Waals surface area contributed by atoms with Crippen LogP contribution in [0.5, 0.6) is 0 Å². The number of hydrogen-bond acceptors (Lipinski definition) is 3. The highest BCUT2D eigenvalue weighted by atomic mass is 35.5. The van der Waals surface area contributed by atoms with Crippen molar-refractivity contribution in [3.05, 3.63) is 64.7 Å². The van der Waals surface area contributed by atoms with Gasteiger partial charge < -0.3 is 5.32 Å². The minimum atomic E-state index is -4.11. The molecule has 0 aromatic heterocycles. The van der Waals surface area contributed by atoms with E-state index in [0.717, 1.165) is 12.1 Å². The van der Waals surface area contributed by atoms with Gasteiger partial charge in [-0.15, -0.1) is 0 Å². The summed E-state index contributed by atoms with van der Waals surface area (Å²) in [5, 5.41) is 3.22. The molecular weight excluding hydrogens is 358 g/mol. The summed E-state index contributed by atoms with van der Waals surface area (Å²) < 4.78 is 54.7. The third-order valence-electron chi connectivity index (χ3n) is 3.91. The van der Waals surface area contributed by atoms with E-state index in [1.165, 1.54) is 28.6 Å². The molecule has 128 valence electrons. The van der Waals surface area contributed by atoms with Crippen LogP contribution in [0, 0.1) is 11.6 Å². The van der Waals surface area contributed by atoms with E-state index in [2.05, 4.69) is 5.32 Å². The third kappa shape index (κ3) is 3.30. The van der Waals surface area contributed by atoms with E-state index in [-0.39, 0.29) is 11.6 Å². The highest BCUT2D eigenvalue weighted by Crippen LogP contribution is 2.31. The first kappa shape index (κ1) is 17.3. The van der Waals surface area contributed by atoms with Gasteiger partial charge in [0, 0.05) is 24.7 Å². The maximum atomic E-state index is 14.1. The second kappa shape index (κ2) is 6.76. The van der Waals surface area contributed by atoms with Crippen molar-refractivity contribution >= 4 is 21.6 Å². The van der Waals surface area contributed by atoms with Gasteiger partial charge in [0.2, 0.25) is 10.0 Å². The van der Waals surface area contributed by atoms with E-state index in [9.17, 15) is 17.2 Å². The predicted molar refractivity (Wildman–Crippen MR) is 87.3 cm³/mol. The summed E-state index contributed by atoms with van der Waals surface area (Å²) >= 11 is 5.82. The predicted octanol–water partition coefficient (Wildman–Crippen LogP) is 2.95. The summed E-state index contributed by atoms with van der Waals surface area (Å²) in [6, 6.07) is 8.52. The molecular formula is C16H15ClF2N2O2S. The summed E-state index contributed by atoms with van der Waals surface area (Å²) in [5.41, 5.74) is 0.508. The Morgan fingerprint density at radius 3 is 2.71 bits per heavy atom. The summed E-state index contributed by atoms with van der Waals surface area (Å²) in [5.74, 6) is -1.32. The van der Waals surface area contributed by atoms with Crippen LogP contribution in [0.2, 0.25) is 5.02 Å². The molecule has 1 aliphatic rings. The molecule has 0 amide bonds. The van der Waals surface area contributed by atoms with Gasteiger partial charge in [-0.25, -0.2) is 17.2 Å². The fraction of sp³-hybridized carbons (Fsp3) is 0.250. The number of nitrogens with zero attached hydrogens (tertiary/aromatic N) is 1. The van der Waals surface area contributed by atoms with Gasteiger partial charge in [0.1, 0.15) is 16.5 Å². The van der Waals surface area contributed by atoms with Gasteiger partial charge in [0.25, 0.3) is 0 Å². The van der Waals surface area contributed by atoms with Crippen molar-refractivity contribution in [2.24, 2.45) is 0 Å². The molecule has 2 aromatic rings. The number of hydrogen-bond donors (Lipinski definition) is 1. The van der Waals surface area contributed by atoms with Crippen LogP contribution >= 0.6 is 11.6 Å². The summed E-state index contributed by atoms with van der Waals surface area (Å²) in [6.45, 7) is 0.883. The van der Waals surface area contributed by atoms with Crippen LogP contribution < -0.4 is 5.32 Å². The van der Waals surface area contributed by atoms with E-state index in [0.29, 0.717) is 18.7 Å². The van der Waals surface area contributed by atoms with Gasteiger partial charge >= 0.3 is 0 Å². The standard InChI is InChI=1S/C16H15ClF2N2O2S/c17-12-4-5-14(19)16(9-12)24(22,23)21-7-6-20-10-15(21)11-2-1-3-13(18)8-11/h1-5,8-9,15,20H,6-7,10H2. The van der Waals surface area contributed by atoms with Crippen molar-refractivity contribution in [3.63, 3.8) is 0 Å². The lowest BCUT2D eigenvalue weighted by Crippen LogP contribution is -2.48. The molecule has 1 fully saturated rings. The normalized spacial score (nSPS) is 19.4. The summed E-state index contributed by atoms with van der Waals surface area (Å²) in [6.07, 6.45) is 0. The zero-order valence-corrected chi connectivity index (χ0v) is 14.1. The van der Waals surface area contributed by atoms with Crippen LogP contribution in [0.25, 0.3) is 0 Å². The molecule has 3 rings (SSSR count). The molecule has 2 aromatic carbocycles. The zero-order valence-electron chi connectivity index (χ0n) is 12.5. The van der Waals surface area contributed by atoms with E-state index in [1.54, 1.807) is 6.07 Å². The van der Waals surface area contributed by atoms with Crippen molar-refractivity contribution in [1.82, 2.24) is 9.62 Å². The molecule has 1 N–H and O–H groups in total. The first-order chi connectivity index (χ1) is 11.4. The highest BCUT2D eigenvalue weighted by molar-refractivity contribution is 7.89. The number of piperazine rings is 1. The van der Waals surface area contributed by atoms with E-state index in [4.69, 9.17) is 11.6 Å². The minimum absolute atomic E-state index is 0.132. The number of halogens is 3. The van der Waals surface area contributed by atoms with E-state index >= 15 is 0 Å². The van der Waals surface area contributed by atoms with Crippen LogP contribution in [0.3, 0.4) is 0 Å². The topological polar surface area (TPSA) is 49.4 Å². The second-order valence-electron chi connectivity index (χ2n) is 5.47. The quantitative estimate of drug-likeness (QED) is 0.901. The molecule has 1 atom stereocenters. The fourth-order valence-corrected chi connectivity index (χ4v) is 4.72. The number of benzene rings is 2. The molecule has 0 saturated carbocycles. The monoisotopic (exact) mass is 372 g/mol. The second-order valence-corrected chi connectivity index (χ2v) is 7.76. The Morgan fingerprint density at radius 2 is 1.96 bits per heavy atom. The molecule has 0 spiro atoms. The Kier molecular flexibility index (Phi) is 4.87. The van der Waals surface area contributed by atoms with Crippen LogP contribution in [-0.4, -0.2) is 32.4 Å². The Balaban J connectivity index is 2.05. The number of sulfonamides is 1. The van der Waals surface area contributed by atoms with Gasteiger partial charge in [-0.2, -0.15) is 4.31 Å². The zero-order chi connectivity index (χ0) is 17.3. The molecule has 1 aliphatic heterocycles. The minimum Gasteiger partial charge on any atom is -0.313 e. The largest absolute Gasteiger partial charge is 0.313 e. The van der Waals surface area contributed by atoms with Crippen molar-refractivity contribution in [2.45, 2.75) is 10.9 Å². The van der Waals surface area contributed by atoms with Crippen molar-refractivity contribution in [1.29, 1.82) is 0 Å². The van der Waals surface area contributed by atoms with E-state index < -0.39 is 32.6 Å². The lowest BCUT2D eigenvalue weighted by molar-refractivity contribution is 0.270. The van der Waals surface area contributed by atoms with Crippen molar-refractivity contribution in [2.75, 3.05) is 19.6 Å². The van der Waals surface area contributed by atoms with Crippen LogP contribution in [0.1, 0.15) is 11.6 Å². The number of rotatable bonds is 3. The van der Waals surface area contributed by atoms with Gasteiger partial charge in [-0.1, -0.05) is 23.7 Å². The first-order valence-corrected chi connectivity index (χ1v) is 9.14. The first-order valence-electron chi connectivity index (χ1n) is 7.32. The fourth-order valence-electron chi connectivity index (χ4n) is 2.77. The molecule has 0 radical (unpaired) electrons. The molecule has 0 bridgehead atoms. The molecule has 4 nitrogen and oxygen atoms in total. The molecule has 24 heavy (non-hydrogen) atoms. The Bertz CT molecular complexity index is 861. The van der Waals surface area contributed by atoms with Crippen LogP contribution in [0.4, 0.5) is 8.78 Å². The van der Waals surface area contributed by atoms with Crippen LogP contribution in [-0.2, 0) is 10.0 Å². The van der Waals surface area contributed by atoms with Crippen LogP contribution in [0.15, 0.2) is 47.4 Å². The Labute approximate surface area is 144 Å². The average Bonchev–Trinajstić information content (AvgIpc) is 2.57. The third-order valence-corrected chi connectivity index (χ3v) is 6.07. The number of nitrogens with one attached hydrogen (secondary N) is 1. The van der Waals surface area contributed by atoms with Crippen molar-refractivity contribution < 1.29 is 17.2 Å². The molecule has 8 heteroatoms. The smallest absolute Gasteiger partial charge is 0.246 e. The average molecular weight is 373 g/mol. The lowest BCUT2D eigenvalue weighted by atomic mass is 10.1. The van der Waals surface area contributed by atoms with Gasteiger partial charge in [-0.05, 0) is 35.9 Å². The van der Waals surface area contributed by atoms with Gasteiger partial charge in [0.15, 0.2) is 0 Å². The van der Waals surface area contributed by atoms with Crippen molar-refractivity contribution in [3.8, 4) is 0 Å². The summed E-state index contributed by atoms with van der Waals surface area (Å²) in [7, 11) is -4.11. The summed E-state index contributed by atoms with van der Waals surface area (Å²) in [4.78, 5) is -0.474. The molecule has 1 heterocycles. The molecule has 1 saturated heterocycles. The van der Waals surface area contributed by atoms with Gasteiger partial charge in [0.05, 0.1) is 6.04 Å². The SMILES string of the molecule is O=S(=O)(c1cc(Cl)ccc1F)N1CCNCC1c1cccc(F)c1. The Hall–Kier alpha value is -1.54. The molecule has 0 aliphatic carbocycles. The molecule has 1 unspecified atom stereocenters. The van der Waals surface area contributed by atoms with Gasteiger partial charge in [-0.3, -0.25) is 0 Å². The highest BCUT2D eigenvalue weighted by Gasteiger charge is 2.36. The maximum absolute atomic E-state index is 14.1. The van der Waals surface area contributed by atoms with E-state index in [1.807, 2.05) is 0 Å².